The Balaban J connectivity index is 1.85. The molecule has 1 N–H and O–H groups in total. The first-order chi connectivity index (χ1) is 14.0. The molecule has 1 aromatic heterocycles. The number of likely N-dealkylation sites (tertiary alicyclic amines) is 1. The molecule has 1 amide bonds. The van der Waals surface area contributed by atoms with Crippen LogP contribution >= 0.6 is 11.3 Å². The maximum Gasteiger partial charge on any atom is 0.348 e. The van der Waals surface area contributed by atoms with Crippen LogP contribution in [0, 0.1) is 17.8 Å². The topological polar surface area (TPSA) is 66.8 Å². The number of aryl methyl sites for hydroxylation is 1. The van der Waals surface area contributed by atoms with Gasteiger partial charge in [-0.05, 0) is 37.3 Å². The maximum atomic E-state index is 12.3. The highest BCUT2D eigenvalue weighted by atomic mass is 32.1. The standard InChI is InChI=1S/C23H31NO4S/c1-4-5-6-8-17(2)20(25)13-10-18-11-15-22(26)24(18)16-7-9-19-12-14-21(29-19)23(27)28-3/h10,12-14,17-18,20,25H,4,7-9,11,15-16H2,1-3H3/t17-,18+,20-/m1/s1. The summed E-state index contributed by atoms with van der Waals surface area (Å²) in [5, 5.41) is 10.3. The molecule has 0 aliphatic carbocycles. The van der Waals surface area contributed by atoms with Gasteiger partial charge in [-0.1, -0.05) is 26.0 Å². The maximum absolute atomic E-state index is 12.3. The lowest BCUT2D eigenvalue weighted by Gasteiger charge is -2.23. The van der Waals surface area contributed by atoms with E-state index in [1.54, 1.807) is 6.07 Å². The third kappa shape index (κ3) is 7.02. The van der Waals surface area contributed by atoms with Gasteiger partial charge in [-0.2, -0.15) is 0 Å². The number of amides is 1. The molecule has 6 heteroatoms. The number of aliphatic hydroxyl groups is 1. The summed E-state index contributed by atoms with van der Waals surface area (Å²) in [5.41, 5.74) is 0. The average molecular weight is 418 g/mol. The summed E-state index contributed by atoms with van der Waals surface area (Å²) in [6.45, 7) is 4.67. The smallest absolute Gasteiger partial charge is 0.348 e. The molecule has 1 saturated heterocycles. The number of carbonyl (C=O) groups is 2. The van der Waals surface area contributed by atoms with E-state index in [2.05, 4.69) is 11.8 Å². The Morgan fingerprint density at radius 2 is 2.24 bits per heavy atom. The van der Waals surface area contributed by atoms with Gasteiger partial charge in [0.05, 0.1) is 19.3 Å². The lowest BCUT2D eigenvalue weighted by molar-refractivity contribution is -0.128. The predicted octanol–water partition coefficient (Wildman–Crippen LogP) is 3.82. The zero-order valence-electron chi connectivity index (χ0n) is 17.5. The molecule has 0 aromatic carbocycles. The minimum Gasteiger partial charge on any atom is -0.465 e. The van der Waals surface area contributed by atoms with Gasteiger partial charge in [0.1, 0.15) is 4.88 Å². The van der Waals surface area contributed by atoms with Gasteiger partial charge < -0.3 is 14.7 Å². The van der Waals surface area contributed by atoms with Gasteiger partial charge in [0.15, 0.2) is 0 Å². The van der Waals surface area contributed by atoms with Crippen LogP contribution in [0.5, 0.6) is 0 Å². The zero-order chi connectivity index (χ0) is 21.2. The quantitative estimate of drug-likeness (QED) is 0.377. The van der Waals surface area contributed by atoms with Gasteiger partial charge in [-0.15, -0.1) is 23.2 Å². The summed E-state index contributed by atoms with van der Waals surface area (Å²) < 4.78 is 4.74. The van der Waals surface area contributed by atoms with E-state index in [0.29, 0.717) is 24.3 Å². The van der Waals surface area contributed by atoms with Crippen molar-refractivity contribution in [1.29, 1.82) is 0 Å². The summed E-state index contributed by atoms with van der Waals surface area (Å²) in [6.07, 6.45) is 7.72. The second kappa shape index (κ2) is 11.8. The van der Waals surface area contributed by atoms with Gasteiger partial charge in [0.25, 0.3) is 0 Å². The molecular weight excluding hydrogens is 386 g/mol. The summed E-state index contributed by atoms with van der Waals surface area (Å²) >= 11 is 1.44. The van der Waals surface area contributed by atoms with E-state index in [1.807, 2.05) is 37.0 Å². The van der Waals surface area contributed by atoms with Crippen LogP contribution in [-0.2, 0) is 16.0 Å². The summed E-state index contributed by atoms with van der Waals surface area (Å²) in [7, 11) is 1.38. The van der Waals surface area contributed by atoms with E-state index in [1.165, 1.54) is 18.4 Å². The molecule has 0 spiro atoms. The van der Waals surface area contributed by atoms with Crippen LogP contribution < -0.4 is 0 Å². The van der Waals surface area contributed by atoms with E-state index < -0.39 is 6.10 Å². The van der Waals surface area contributed by atoms with Gasteiger partial charge in [-0.3, -0.25) is 4.79 Å². The lowest BCUT2D eigenvalue weighted by Crippen LogP contribution is -2.33. The number of nitrogens with zero attached hydrogens (tertiary/aromatic N) is 1. The van der Waals surface area contributed by atoms with Crippen molar-refractivity contribution in [1.82, 2.24) is 4.90 Å². The normalized spacial score (nSPS) is 18.6. The number of rotatable bonds is 9. The van der Waals surface area contributed by atoms with Crippen molar-refractivity contribution in [2.24, 2.45) is 5.92 Å². The molecule has 3 atom stereocenters. The molecule has 2 heterocycles. The number of aliphatic hydroxyl groups excluding tert-OH is 1. The molecule has 29 heavy (non-hydrogen) atoms. The van der Waals surface area contributed by atoms with Gasteiger partial charge in [0, 0.05) is 30.7 Å². The monoisotopic (exact) mass is 417 g/mol. The van der Waals surface area contributed by atoms with Crippen molar-refractivity contribution in [2.45, 2.75) is 64.5 Å². The van der Waals surface area contributed by atoms with Crippen molar-refractivity contribution in [2.75, 3.05) is 13.7 Å². The fourth-order valence-electron chi connectivity index (χ4n) is 3.30. The van der Waals surface area contributed by atoms with Crippen molar-refractivity contribution >= 4 is 23.2 Å². The van der Waals surface area contributed by atoms with Crippen molar-refractivity contribution < 1.29 is 19.4 Å². The number of hydrogen-bond acceptors (Lipinski definition) is 5. The van der Waals surface area contributed by atoms with Crippen molar-refractivity contribution in [3.8, 4) is 11.8 Å². The SMILES string of the molecule is CCC#CC[C@@H](C)[C@H](O)C=C[C@H]1CCC(=O)N1CCCc1ccc(C(=O)OC)s1. The van der Waals surface area contributed by atoms with Gasteiger partial charge in [-0.25, -0.2) is 4.79 Å². The van der Waals surface area contributed by atoms with Crippen LogP contribution in [0.1, 0.15) is 60.5 Å². The Bertz CT molecular complexity index is 773. The third-order valence-corrected chi connectivity index (χ3v) is 6.21. The Hall–Kier alpha value is -2.10. The summed E-state index contributed by atoms with van der Waals surface area (Å²) in [6, 6.07) is 3.77. The largest absolute Gasteiger partial charge is 0.465 e. The Kier molecular flexibility index (Phi) is 9.43. The van der Waals surface area contributed by atoms with Crippen molar-refractivity contribution in [3.05, 3.63) is 34.0 Å². The number of thiophene rings is 1. The average Bonchev–Trinajstić information content (AvgIpc) is 3.33. The van der Waals surface area contributed by atoms with Crippen molar-refractivity contribution in [3.63, 3.8) is 0 Å². The fraction of sp³-hybridized carbons (Fsp3) is 0.565. The van der Waals surface area contributed by atoms with E-state index in [4.69, 9.17) is 4.74 Å². The van der Waals surface area contributed by atoms with E-state index in [9.17, 15) is 14.7 Å². The molecule has 1 aliphatic heterocycles. The highest BCUT2D eigenvalue weighted by molar-refractivity contribution is 7.13. The molecular formula is C23H31NO4S. The van der Waals surface area contributed by atoms with Gasteiger partial charge >= 0.3 is 5.97 Å². The highest BCUT2D eigenvalue weighted by Gasteiger charge is 2.28. The number of ether oxygens (including phenoxy) is 1. The molecule has 0 saturated carbocycles. The van der Waals surface area contributed by atoms with Crippen LogP contribution in [0.3, 0.4) is 0 Å². The van der Waals surface area contributed by atoms with E-state index >= 15 is 0 Å². The predicted molar refractivity (Wildman–Crippen MR) is 116 cm³/mol. The summed E-state index contributed by atoms with van der Waals surface area (Å²) in [5.74, 6) is 6.03. The molecule has 2 rings (SSSR count). The number of esters is 1. The van der Waals surface area contributed by atoms with Crippen LogP contribution in [0.2, 0.25) is 0 Å². The molecule has 158 valence electrons. The second-order valence-electron chi connectivity index (χ2n) is 7.32. The van der Waals surface area contributed by atoms with Gasteiger partial charge in [0.2, 0.25) is 5.91 Å². The summed E-state index contributed by atoms with van der Waals surface area (Å²) in [4.78, 5) is 27.4. The zero-order valence-corrected chi connectivity index (χ0v) is 18.3. The molecule has 0 bridgehead atoms. The molecule has 5 nitrogen and oxygen atoms in total. The minimum atomic E-state index is -0.554. The third-order valence-electron chi connectivity index (χ3n) is 5.08. The van der Waals surface area contributed by atoms with Crippen LogP contribution in [0.15, 0.2) is 24.3 Å². The van der Waals surface area contributed by atoms with E-state index in [0.717, 1.165) is 30.6 Å². The Labute approximate surface area is 177 Å². The van der Waals surface area contributed by atoms with Crippen LogP contribution in [-0.4, -0.2) is 47.7 Å². The first-order valence-corrected chi connectivity index (χ1v) is 11.1. The van der Waals surface area contributed by atoms with Crippen LogP contribution in [0.4, 0.5) is 0 Å². The molecule has 1 aromatic rings. The minimum absolute atomic E-state index is 0.0417. The first kappa shape index (κ1) is 23.2. The molecule has 0 unspecified atom stereocenters. The first-order valence-electron chi connectivity index (χ1n) is 10.2. The number of carbonyl (C=O) groups excluding carboxylic acids is 2. The number of hydrogen-bond donors (Lipinski definition) is 1. The molecule has 0 radical (unpaired) electrons. The van der Waals surface area contributed by atoms with E-state index in [-0.39, 0.29) is 23.8 Å². The second-order valence-corrected chi connectivity index (χ2v) is 8.49. The lowest BCUT2D eigenvalue weighted by atomic mass is 10.00. The molecule has 1 fully saturated rings. The number of methoxy groups -OCH3 is 1. The fourth-order valence-corrected chi connectivity index (χ4v) is 4.27. The van der Waals surface area contributed by atoms with Crippen LogP contribution in [0.25, 0.3) is 0 Å². The Morgan fingerprint density at radius 1 is 1.45 bits per heavy atom. The highest BCUT2D eigenvalue weighted by Crippen LogP contribution is 2.23. The molecule has 1 aliphatic rings. The Morgan fingerprint density at radius 3 is 2.97 bits per heavy atom.